The molecule has 4 heterocycles. The van der Waals surface area contributed by atoms with Gasteiger partial charge in [0.1, 0.15) is 30.4 Å². The van der Waals surface area contributed by atoms with Gasteiger partial charge >= 0.3 is 0 Å². The summed E-state index contributed by atoms with van der Waals surface area (Å²) in [5.41, 5.74) is 2.94. The molecule has 0 bridgehead atoms. The van der Waals surface area contributed by atoms with Crippen LogP contribution in [0.1, 0.15) is 11.8 Å². The van der Waals surface area contributed by atoms with E-state index in [0.717, 1.165) is 16.5 Å². The van der Waals surface area contributed by atoms with Crippen molar-refractivity contribution in [2.75, 3.05) is 18.5 Å². The lowest BCUT2D eigenvalue weighted by atomic mass is 10.1. The molecular formula is C20H22N6O5. The fourth-order valence-electron chi connectivity index (χ4n) is 3.97. The molecule has 0 spiro atoms. The monoisotopic (exact) mass is 426 g/mol. The smallest absolute Gasteiger partial charge is 0.167 e. The summed E-state index contributed by atoms with van der Waals surface area (Å²) in [5, 5.41) is 43.6. The van der Waals surface area contributed by atoms with Gasteiger partial charge < -0.3 is 35.5 Å². The summed E-state index contributed by atoms with van der Waals surface area (Å²) >= 11 is 0. The summed E-state index contributed by atoms with van der Waals surface area (Å²) in [6.07, 6.45) is 1.22. The Hall–Kier alpha value is -3.25. The number of nitrogens with zero attached hydrogens (tertiary/aromatic N) is 4. The molecule has 162 valence electrons. The molecule has 0 aliphatic carbocycles. The lowest BCUT2D eigenvalue weighted by Gasteiger charge is -2.16. The number of benzene rings is 1. The van der Waals surface area contributed by atoms with Gasteiger partial charge in [0.25, 0.3) is 0 Å². The van der Waals surface area contributed by atoms with Crippen LogP contribution >= 0.6 is 0 Å². The van der Waals surface area contributed by atoms with Gasteiger partial charge in [-0.05, 0) is 30.2 Å². The number of phenols is 1. The Balaban J connectivity index is 1.35. The predicted octanol–water partition coefficient (Wildman–Crippen LogP) is 0.279. The maximum absolute atomic E-state index is 10.3. The van der Waals surface area contributed by atoms with Crippen molar-refractivity contribution in [3.8, 4) is 5.75 Å². The van der Waals surface area contributed by atoms with Crippen molar-refractivity contribution in [1.82, 2.24) is 24.5 Å². The second-order valence-electron chi connectivity index (χ2n) is 7.50. The summed E-state index contributed by atoms with van der Waals surface area (Å²) in [6, 6.07) is 5.20. The summed E-state index contributed by atoms with van der Waals surface area (Å²) in [7, 11) is 0. The number of aliphatic hydroxyl groups is 3. The Labute approximate surface area is 176 Å². The van der Waals surface area contributed by atoms with E-state index in [1.54, 1.807) is 12.1 Å². The van der Waals surface area contributed by atoms with E-state index in [0.29, 0.717) is 29.9 Å². The zero-order valence-electron chi connectivity index (χ0n) is 16.4. The second kappa shape index (κ2) is 7.78. The van der Waals surface area contributed by atoms with E-state index in [2.05, 4.69) is 25.3 Å². The van der Waals surface area contributed by atoms with Crippen LogP contribution in [-0.4, -0.2) is 76.4 Å². The van der Waals surface area contributed by atoms with Gasteiger partial charge in [0.15, 0.2) is 23.2 Å². The number of aromatic amines is 1. The zero-order chi connectivity index (χ0) is 21.5. The van der Waals surface area contributed by atoms with E-state index >= 15 is 0 Å². The third kappa shape index (κ3) is 3.37. The van der Waals surface area contributed by atoms with Gasteiger partial charge in [-0.15, -0.1) is 0 Å². The molecule has 0 radical (unpaired) electrons. The molecular weight excluding hydrogens is 404 g/mol. The van der Waals surface area contributed by atoms with Gasteiger partial charge in [0.05, 0.1) is 12.9 Å². The second-order valence-corrected chi connectivity index (χ2v) is 7.50. The Kier molecular flexibility index (Phi) is 4.94. The number of hydrogen-bond donors (Lipinski definition) is 6. The Bertz CT molecular complexity index is 1220. The minimum Gasteiger partial charge on any atom is -0.508 e. The number of aliphatic hydroxyl groups excluding tert-OH is 3. The molecule has 1 fully saturated rings. The molecule has 1 saturated heterocycles. The molecule has 1 aliphatic heterocycles. The number of nitrogens with one attached hydrogen (secondary N) is 2. The first-order chi connectivity index (χ1) is 15.1. The molecule has 0 saturated carbocycles. The van der Waals surface area contributed by atoms with Crippen molar-refractivity contribution in [1.29, 1.82) is 0 Å². The van der Waals surface area contributed by atoms with Crippen LogP contribution in [-0.2, 0) is 11.2 Å². The van der Waals surface area contributed by atoms with Gasteiger partial charge in [-0.1, -0.05) is 0 Å². The zero-order valence-corrected chi connectivity index (χ0v) is 16.4. The van der Waals surface area contributed by atoms with Crippen molar-refractivity contribution >= 4 is 27.9 Å². The Morgan fingerprint density at radius 1 is 1.16 bits per heavy atom. The summed E-state index contributed by atoms with van der Waals surface area (Å²) < 4.78 is 7.10. The van der Waals surface area contributed by atoms with Crippen LogP contribution in [0.5, 0.6) is 5.75 Å². The number of aromatic nitrogens is 5. The molecule has 6 N–H and O–H groups in total. The first-order valence-electron chi connectivity index (χ1n) is 9.89. The average Bonchev–Trinajstić information content (AvgIpc) is 3.45. The topological polar surface area (TPSA) is 162 Å². The predicted molar refractivity (Wildman–Crippen MR) is 110 cm³/mol. The number of hydrogen-bond acceptors (Lipinski definition) is 9. The standard InChI is InChI=1S/C20H22N6O5/c27-7-14-16(29)17(30)20(31-14)26-9-25-15-18(23-8-24-19(15)26)21-4-3-10-6-22-13-2-1-11(28)5-12(10)13/h1-2,5-6,8-9,14,16-17,20,22,27-30H,3-4,7H2,(H,21,23,24)/t14-,16-,17-,20-/m1/s1. The molecule has 11 heteroatoms. The molecule has 4 aromatic rings. The number of H-pyrrole nitrogens is 1. The quantitative estimate of drug-likeness (QED) is 0.254. The van der Waals surface area contributed by atoms with Crippen LogP contribution in [0.4, 0.5) is 5.82 Å². The van der Waals surface area contributed by atoms with Gasteiger partial charge in [0, 0.05) is 23.6 Å². The maximum atomic E-state index is 10.3. The highest BCUT2D eigenvalue weighted by molar-refractivity contribution is 5.85. The number of fused-ring (bicyclic) bond motifs is 2. The lowest BCUT2D eigenvalue weighted by molar-refractivity contribution is -0.0511. The van der Waals surface area contributed by atoms with Crippen molar-refractivity contribution in [3.05, 3.63) is 42.6 Å². The van der Waals surface area contributed by atoms with E-state index in [-0.39, 0.29) is 5.75 Å². The van der Waals surface area contributed by atoms with Gasteiger partial charge in [-0.3, -0.25) is 4.57 Å². The maximum Gasteiger partial charge on any atom is 0.167 e. The highest BCUT2D eigenvalue weighted by atomic mass is 16.6. The number of ether oxygens (including phenoxy) is 1. The first-order valence-corrected chi connectivity index (χ1v) is 9.89. The molecule has 5 rings (SSSR count). The van der Waals surface area contributed by atoms with E-state index in [1.165, 1.54) is 17.2 Å². The fourth-order valence-corrected chi connectivity index (χ4v) is 3.97. The van der Waals surface area contributed by atoms with Crippen molar-refractivity contribution < 1.29 is 25.2 Å². The third-order valence-corrected chi connectivity index (χ3v) is 5.59. The molecule has 4 atom stereocenters. The highest BCUT2D eigenvalue weighted by Gasteiger charge is 2.44. The SMILES string of the molecule is OC[C@H]1O[C@@H](n2cnc3c(NCCc4c[nH]c5ccc(O)cc45)ncnc32)[C@H](O)[C@@H]1O. The van der Waals surface area contributed by atoms with Crippen molar-refractivity contribution in [2.24, 2.45) is 0 Å². The molecule has 0 amide bonds. The van der Waals surface area contributed by atoms with Crippen LogP contribution in [0.15, 0.2) is 37.1 Å². The largest absolute Gasteiger partial charge is 0.508 e. The Morgan fingerprint density at radius 3 is 2.84 bits per heavy atom. The van der Waals surface area contributed by atoms with Gasteiger partial charge in [-0.25, -0.2) is 15.0 Å². The van der Waals surface area contributed by atoms with Gasteiger partial charge in [0.2, 0.25) is 0 Å². The molecule has 1 aromatic carbocycles. The average molecular weight is 426 g/mol. The minimum atomic E-state index is -1.22. The van der Waals surface area contributed by atoms with Gasteiger partial charge in [-0.2, -0.15) is 0 Å². The van der Waals surface area contributed by atoms with Crippen LogP contribution in [0.3, 0.4) is 0 Å². The molecule has 3 aromatic heterocycles. The third-order valence-electron chi connectivity index (χ3n) is 5.59. The van der Waals surface area contributed by atoms with Crippen molar-refractivity contribution in [3.63, 3.8) is 0 Å². The van der Waals surface area contributed by atoms with Crippen LogP contribution in [0.25, 0.3) is 22.1 Å². The molecule has 11 nitrogen and oxygen atoms in total. The van der Waals surface area contributed by atoms with Crippen LogP contribution < -0.4 is 5.32 Å². The summed E-state index contributed by atoms with van der Waals surface area (Å²) in [4.78, 5) is 16.1. The Morgan fingerprint density at radius 2 is 2.03 bits per heavy atom. The molecule has 1 aliphatic rings. The lowest BCUT2D eigenvalue weighted by Crippen LogP contribution is -2.33. The number of aromatic hydroxyl groups is 1. The molecule has 31 heavy (non-hydrogen) atoms. The number of imidazole rings is 1. The minimum absolute atomic E-state index is 0.217. The number of phenolic OH excluding ortho intramolecular Hbond substituents is 1. The van der Waals surface area contributed by atoms with E-state index in [4.69, 9.17) is 4.74 Å². The van der Waals surface area contributed by atoms with Crippen LogP contribution in [0.2, 0.25) is 0 Å². The number of rotatable bonds is 6. The number of anilines is 1. The summed E-state index contributed by atoms with van der Waals surface area (Å²) in [6.45, 7) is 0.157. The van der Waals surface area contributed by atoms with Crippen molar-refractivity contribution in [2.45, 2.75) is 31.0 Å². The summed E-state index contributed by atoms with van der Waals surface area (Å²) in [5.74, 6) is 0.743. The van der Waals surface area contributed by atoms with E-state index in [9.17, 15) is 20.4 Å². The van der Waals surface area contributed by atoms with E-state index in [1.807, 2.05) is 12.3 Å². The normalized spacial score (nSPS) is 23.7. The fraction of sp³-hybridized carbons (Fsp3) is 0.350. The van der Waals surface area contributed by atoms with Crippen LogP contribution in [0, 0.1) is 0 Å². The molecule has 0 unspecified atom stereocenters. The first kappa shape index (κ1) is 19.7. The van der Waals surface area contributed by atoms with E-state index < -0.39 is 31.1 Å². The highest BCUT2D eigenvalue weighted by Crippen LogP contribution is 2.32.